The van der Waals surface area contributed by atoms with Crippen LogP contribution < -0.4 is 11.1 Å². The summed E-state index contributed by atoms with van der Waals surface area (Å²) in [6.45, 7) is 2.74. The molecule has 7 nitrogen and oxygen atoms in total. The first-order valence-electron chi connectivity index (χ1n) is 5.81. The molecule has 2 aromatic rings. The van der Waals surface area contributed by atoms with Gasteiger partial charge in [0.2, 0.25) is 0 Å². The van der Waals surface area contributed by atoms with Crippen LogP contribution in [0.3, 0.4) is 0 Å². The minimum atomic E-state index is 0.323. The number of hydrogen-bond acceptors (Lipinski definition) is 7. The smallest absolute Gasteiger partial charge is 0.158 e. The van der Waals surface area contributed by atoms with Gasteiger partial charge in [-0.15, -0.1) is 0 Å². The summed E-state index contributed by atoms with van der Waals surface area (Å²) in [6, 6.07) is 1.67. The maximum absolute atomic E-state index is 5.70. The summed E-state index contributed by atoms with van der Waals surface area (Å²) in [6.07, 6.45) is 3.45. The van der Waals surface area contributed by atoms with E-state index >= 15 is 0 Å². The van der Waals surface area contributed by atoms with Crippen molar-refractivity contribution in [2.75, 3.05) is 18.2 Å². The molecule has 0 saturated carbocycles. The standard InChI is InChI=1S/C12H16N6O/c1-8-4-15-9(5-14-8)6-16-11-3-10(13)17-12(18-11)7-19-2/h3-5H,6-7H2,1-2H3,(H3,13,16,17,18). The fraction of sp³-hybridized carbons (Fsp3) is 0.333. The second-order valence-corrected chi connectivity index (χ2v) is 4.03. The van der Waals surface area contributed by atoms with E-state index in [-0.39, 0.29) is 0 Å². The Kier molecular flexibility index (Phi) is 4.19. The van der Waals surface area contributed by atoms with Crippen molar-refractivity contribution in [1.82, 2.24) is 19.9 Å². The van der Waals surface area contributed by atoms with Crippen molar-refractivity contribution < 1.29 is 4.74 Å². The largest absolute Gasteiger partial charge is 0.384 e. The number of nitrogens with zero attached hydrogens (tertiary/aromatic N) is 4. The van der Waals surface area contributed by atoms with Crippen molar-refractivity contribution in [3.63, 3.8) is 0 Å². The number of nitrogen functional groups attached to an aromatic ring is 1. The van der Waals surface area contributed by atoms with Gasteiger partial charge < -0.3 is 15.8 Å². The molecular weight excluding hydrogens is 244 g/mol. The molecule has 2 aromatic heterocycles. The zero-order chi connectivity index (χ0) is 13.7. The lowest BCUT2D eigenvalue weighted by molar-refractivity contribution is 0.178. The molecule has 0 aromatic carbocycles. The molecule has 3 N–H and O–H groups in total. The molecule has 0 bridgehead atoms. The monoisotopic (exact) mass is 260 g/mol. The number of rotatable bonds is 5. The molecule has 0 unspecified atom stereocenters. The Bertz CT molecular complexity index is 542. The van der Waals surface area contributed by atoms with Crippen molar-refractivity contribution in [3.05, 3.63) is 35.7 Å². The highest BCUT2D eigenvalue weighted by atomic mass is 16.5. The number of ether oxygens (including phenoxy) is 1. The Morgan fingerprint density at radius 1 is 1.26 bits per heavy atom. The van der Waals surface area contributed by atoms with E-state index in [4.69, 9.17) is 10.5 Å². The van der Waals surface area contributed by atoms with E-state index in [1.807, 2.05) is 6.92 Å². The van der Waals surface area contributed by atoms with Crippen LogP contribution in [0, 0.1) is 6.92 Å². The minimum absolute atomic E-state index is 0.323. The highest BCUT2D eigenvalue weighted by molar-refractivity contribution is 5.44. The third-order valence-electron chi connectivity index (χ3n) is 2.35. The van der Waals surface area contributed by atoms with Crippen LogP contribution in [0.4, 0.5) is 11.6 Å². The Balaban J connectivity index is 2.04. The van der Waals surface area contributed by atoms with Crippen LogP contribution in [-0.2, 0) is 17.9 Å². The van der Waals surface area contributed by atoms with Crippen LogP contribution in [0.25, 0.3) is 0 Å². The first-order chi connectivity index (χ1) is 9.17. The molecule has 19 heavy (non-hydrogen) atoms. The van der Waals surface area contributed by atoms with E-state index in [1.54, 1.807) is 25.6 Å². The summed E-state index contributed by atoms with van der Waals surface area (Å²) in [5.41, 5.74) is 7.42. The zero-order valence-corrected chi connectivity index (χ0v) is 10.9. The summed E-state index contributed by atoms with van der Waals surface area (Å²) in [5, 5.41) is 3.13. The van der Waals surface area contributed by atoms with Crippen LogP contribution in [0.15, 0.2) is 18.5 Å². The van der Waals surface area contributed by atoms with Crippen molar-refractivity contribution in [2.24, 2.45) is 0 Å². The van der Waals surface area contributed by atoms with Gasteiger partial charge in [-0.25, -0.2) is 9.97 Å². The minimum Gasteiger partial charge on any atom is -0.384 e. The van der Waals surface area contributed by atoms with Gasteiger partial charge in [0.05, 0.1) is 24.1 Å². The van der Waals surface area contributed by atoms with Gasteiger partial charge in [0, 0.05) is 19.4 Å². The number of aromatic nitrogens is 4. The quantitative estimate of drug-likeness (QED) is 0.824. The van der Waals surface area contributed by atoms with Gasteiger partial charge >= 0.3 is 0 Å². The van der Waals surface area contributed by atoms with Gasteiger partial charge in [-0.3, -0.25) is 9.97 Å². The predicted octanol–water partition coefficient (Wildman–Crippen LogP) is 0.916. The highest BCUT2D eigenvalue weighted by Crippen LogP contribution is 2.10. The Hall–Kier alpha value is -2.28. The molecule has 0 atom stereocenters. The van der Waals surface area contributed by atoms with Gasteiger partial charge in [-0.05, 0) is 6.92 Å². The molecule has 2 heterocycles. The molecule has 7 heteroatoms. The fourth-order valence-corrected chi connectivity index (χ4v) is 1.49. The van der Waals surface area contributed by atoms with Crippen LogP contribution in [0.5, 0.6) is 0 Å². The topological polar surface area (TPSA) is 98.8 Å². The van der Waals surface area contributed by atoms with Gasteiger partial charge in [-0.1, -0.05) is 0 Å². The van der Waals surface area contributed by atoms with Crippen LogP contribution >= 0.6 is 0 Å². The maximum Gasteiger partial charge on any atom is 0.158 e. The summed E-state index contributed by atoms with van der Waals surface area (Å²) in [7, 11) is 1.58. The zero-order valence-electron chi connectivity index (χ0n) is 10.9. The van der Waals surface area contributed by atoms with Gasteiger partial charge in [0.1, 0.15) is 18.2 Å². The maximum atomic E-state index is 5.70. The van der Waals surface area contributed by atoms with Crippen molar-refractivity contribution in [3.8, 4) is 0 Å². The normalized spacial score (nSPS) is 10.4. The van der Waals surface area contributed by atoms with Crippen LogP contribution in [-0.4, -0.2) is 27.0 Å². The van der Waals surface area contributed by atoms with E-state index in [0.29, 0.717) is 30.6 Å². The first kappa shape index (κ1) is 13.2. The van der Waals surface area contributed by atoms with Gasteiger partial charge in [0.25, 0.3) is 0 Å². The SMILES string of the molecule is COCc1nc(N)cc(NCc2cnc(C)cn2)n1. The average Bonchev–Trinajstić information content (AvgIpc) is 2.38. The lowest BCUT2D eigenvalue weighted by Crippen LogP contribution is -2.08. The lowest BCUT2D eigenvalue weighted by atomic mass is 10.4. The molecule has 0 aliphatic heterocycles. The molecular formula is C12H16N6O. The van der Waals surface area contributed by atoms with E-state index in [9.17, 15) is 0 Å². The molecule has 0 amide bonds. The molecule has 0 radical (unpaired) electrons. The van der Waals surface area contributed by atoms with E-state index < -0.39 is 0 Å². The summed E-state index contributed by atoms with van der Waals surface area (Å²) < 4.78 is 4.98. The Labute approximate surface area is 111 Å². The van der Waals surface area contributed by atoms with Crippen LogP contribution in [0.1, 0.15) is 17.2 Å². The van der Waals surface area contributed by atoms with Gasteiger partial charge in [0.15, 0.2) is 5.82 Å². The second-order valence-electron chi connectivity index (χ2n) is 4.03. The molecule has 2 rings (SSSR count). The molecule has 0 aliphatic rings. The fourth-order valence-electron chi connectivity index (χ4n) is 1.49. The second kappa shape index (κ2) is 6.05. The summed E-state index contributed by atoms with van der Waals surface area (Å²) in [4.78, 5) is 16.8. The number of anilines is 2. The molecule has 0 spiro atoms. The number of aryl methyl sites for hydroxylation is 1. The lowest BCUT2D eigenvalue weighted by Gasteiger charge is -2.07. The number of hydrogen-bond donors (Lipinski definition) is 2. The number of methoxy groups -OCH3 is 1. The Morgan fingerprint density at radius 2 is 2.11 bits per heavy atom. The highest BCUT2D eigenvalue weighted by Gasteiger charge is 2.03. The van der Waals surface area contributed by atoms with Crippen molar-refractivity contribution in [1.29, 1.82) is 0 Å². The van der Waals surface area contributed by atoms with Crippen LogP contribution in [0.2, 0.25) is 0 Å². The van der Waals surface area contributed by atoms with E-state index in [0.717, 1.165) is 11.4 Å². The number of nitrogens with two attached hydrogens (primary N) is 1. The predicted molar refractivity (Wildman–Crippen MR) is 71.3 cm³/mol. The Morgan fingerprint density at radius 3 is 2.79 bits per heavy atom. The number of nitrogens with one attached hydrogen (secondary N) is 1. The average molecular weight is 260 g/mol. The van der Waals surface area contributed by atoms with Crippen molar-refractivity contribution >= 4 is 11.6 Å². The molecule has 100 valence electrons. The molecule has 0 saturated heterocycles. The summed E-state index contributed by atoms with van der Waals surface area (Å²) >= 11 is 0. The van der Waals surface area contributed by atoms with E-state index in [2.05, 4.69) is 25.3 Å². The van der Waals surface area contributed by atoms with Crippen molar-refractivity contribution in [2.45, 2.75) is 20.1 Å². The third-order valence-corrected chi connectivity index (χ3v) is 2.35. The third kappa shape index (κ3) is 3.85. The molecule has 0 aliphatic carbocycles. The first-order valence-corrected chi connectivity index (χ1v) is 5.81. The summed E-state index contributed by atoms with van der Waals surface area (Å²) in [5.74, 6) is 1.58. The van der Waals surface area contributed by atoms with E-state index in [1.165, 1.54) is 0 Å². The van der Waals surface area contributed by atoms with Gasteiger partial charge in [-0.2, -0.15) is 0 Å². The molecule has 0 fully saturated rings.